The second-order valence-corrected chi connectivity index (χ2v) is 14.8. The molecule has 2 heterocycles. The summed E-state index contributed by atoms with van der Waals surface area (Å²) in [6.07, 6.45) is 11.2. The van der Waals surface area contributed by atoms with Gasteiger partial charge in [-0.3, -0.25) is 0 Å². The molecule has 3 aliphatic rings. The molecule has 256 valence electrons. The zero-order valence-corrected chi connectivity index (χ0v) is 29.9. The third kappa shape index (κ3) is 4.53. The van der Waals surface area contributed by atoms with E-state index in [2.05, 4.69) is 204 Å². The van der Waals surface area contributed by atoms with Crippen molar-refractivity contribution in [2.75, 3.05) is 5.32 Å². The molecule has 2 nitrogen and oxygen atoms in total. The monoisotopic (exact) mass is 690 g/mol. The van der Waals surface area contributed by atoms with E-state index in [-0.39, 0.29) is 6.17 Å². The van der Waals surface area contributed by atoms with Gasteiger partial charge in [-0.25, -0.2) is 0 Å². The number of anilines is 1. The standard InChI is InChI=1S/C52H38N2/c1-3-16-35(17-4-1)36-18-15-19-37(32-36)44-34-51(53-48-28-13-9-24-42(44)48)54-49-29-14-10-25-43(49)45-33-39(30-31-50(45)54)52(38-20-5-2-6-21-38)46-26-11-7-22-40(46)41-23-8-12-27-47(41)52/h1-3,5-16,18-34,51,53H,4,17H2. The molecule has 11 rings (SSSR count). The molecule has 54 heavy (non-hydrogen) atoms. The van der Waals surface area contributed by atoms with Gasteiger partial charge in [-0.15, -0.1) is 0 Å². The molecule has 1 aliphatic heterocycles. The van der Waals surface area contributed by atoms with E-state index in [9.17, 15) is 0 Å². The Labute approximate surface area is 316 Å². The van der Waals surface area contributed by atoms with Crippen molar-refractivity contribution in [1.82, 2.24) is 4.57 Å². The SMILES string of the molecule is C1=CCCC(c2cccc(C3=CC(n4c5ccccc5c5cc(C6(c7ccccc7)c7ccccc7-c7ccccc76)ccc54)Nc4ccccc43)c2)=C1. The highest BCUT2D eigenvalue weighted by atomic mass is 15.2. The number of benzene rings is 7. The van der Waals surface area contributed by atoms with E-state index in [4.69, 9.17) is 0 Å². The molecule has 0 amide bonds. The van der Waals surface area contributed by atoms with E-state index >= 15 is 0 Å². The van der Waals surface area contributed by atoms with E-state index < -0.39 is 5.41 Å². The third-order valence-electron chi connectivity index (χ3n) is 12.0. The molecule has 8 aromatic rings. The molecule has 0 radical (unpaired) electrons. The number of hydrogen-bond donors (Lipinski definition) is 1. The highest BCUT2D eigenvalue weighted by Crippen LogP contribution is 2.56. The van der Waals surface area contributed by atoms with Crippen LogP contribution < -0.4 is 5.32 Å². The van der Waals surface area contributed by atoms with Gasteiger partial charge in [-0.05, 0) is 105 Å². The summed E-state index contributed by atoms with van der Waals surface area (Å²) >= 11 is 0. The fraction of sp³-hybridized carbons (Fsp3) is 0.0769. The van der Waals surface area contributed by atoms with Crippen LogP contribution in [0, 0.1) is 0 Å². The number of allylic oxidation sites excluding steroid dienone is 4. The van der Waals surface area contributed by atoms with Crippen LogP contribution in [0.2, 0.25) is 0 Å². The van der Waals surface area contributed by atoms with Gasteiger partial charge < -0.3 is 9.88 Å². The Morgan fingerprint density at radius 2 is 1.22 bits per heavy atom. The lowest BCUT2D eigenvalue weighted by Gasteiger charge is -2.34. The van der Waals surface area contributed by atoms with E-state index in [1.807, 2.05) is 0 Å². The summed E-state index contributed by atoms with van der Waals surface area (Å²) in [4.78, 5) is 0. The lowest BCUT2D eigenvalue weighted by molar-refractivity contribution is 0.721. The third-order valence-corrected chi connectivity index (χ3v) is 12.0. The zero-order valence-electron chi connectivity index (χ0n) is 29.9. The number of nitrogens with one attached hydrogen (secondary N) is 1. The first-order valence-electron chi connectivity index (χ1n) is 19.1. The smallest absolute Gasteiger partial charge is 0.124 e. The first kappa shape index (κ1) is 30.9. The maximum Gasteiger partial charge on any atom is 0.124 e. The van der Waals surface area contributed by atoms with Gasteiger partial charge in [0.05, 0.1) is 16.4 Å². The molecular weight excluding hydrogens is 653 g/mol. The van der Waals surface area contributed by atoms with Crippen LogP contribution in [0.1, 0.15) is 58.0 Å². The predicted molar refractivity (Wildman–Crippen MR) is 226 cm³/mol. The van der Waals surface area contributed by atoms with Crippen molar-refractivity contribution in [3.8, 4) is 11.1 Å². The van der Waals surface area contributed by atoms with Gasteiger partial charge in [0.1, 0.15) is 6.17 Å². The average molecular weight is 691 g/mol. The lowest BCUT2D eigenvalue weighted by atomic mass is 9.67. The van der Waals surface area contributed by atoms with Crippen LogP contribution in [0.4, 0.5) is 5.69 Å². The topological polar surface area (TPSA) is 17.0 Å². The predicted octanol–water partition coefficient (Wildman–Crippen LogP) is 12.9. The van der Waals surface area contributed by atoms with Gasteiger partial charge >= 0.3 is 0 Å². The Morgan fingerprint density at radius 1 is 0.537 bits per heavy atom. The van der Waals surface area contributed by atoms with Crippen molar-refractivity contribution in [1.29, 1.82) is 0 Å². The fourth-order valence-electron chi connectivity index (χ4n) is 9.66. The fourth-order valence-corrected chi connectivity index (χ4v) is 9.66. The van der Waals surface area contributed by atoms with Crippen molar-refractivity contribution in [2.45, 2.75) is 24.4 Å². The van der Waals surface area contributed by atoms with Crippen LogP contribution in [0.25, 0.3) is 44.1 Å². The van der Waals surface area contributed by atoms with E-state index in [0.29, 0.717) is 0 Å². The molecular formula is C52H38N2. The van der Waals surface area contributed by atoms with Crippen LogP contribution in [0.3, 0.4) is 0 Å². The van der Waals surface area contributed by atoms with Gasteiger partial charge in [0.25, 0.3) is 0 Å². The Morgan fingerprint density at radius 3 is 2.02 bits per heavy atom. The van der Waals surface area contributed by atoms with Gasteiger partial charge in [-0.1, -0.05) is 158 Å². The summed E-state index contributed by atoms with van der Waals surface area (Å²) in [7, 11) is 0. The van der Waals surface area contributed by atoms with Gasteiger partial charge in [-0.2, -0.15) is 0 Å². The molecule has 0 saturated carbocycles. The molecule has 0 bridgehead atoms. The van der Waals surface area contributed by atoms with Crippen molar-refractivity contribution in [3.63, 3.8) is 0 Å². The second-order valence-electron chi connectivity index (χ2n) is 14.8. The Hall–Kier alpha value is -6.64. The first-order valence-corrected chi connectivity index (χ1v) is 19.1. The number of rotatable bonds is 5. The molecule has 0 saturated heterocycles. The summed E-state index contributed by atoms with van der Waals surface area (Å²) in [5, 5.41) is 6.47. The number of fused-ring (bicyclic) bond motifs is 7. The highest BCUT2D eigenvalue weighted by molar-refractivity contribution is 6.09. The van der Waals surface area contributed by atoms with Crippen LogP contribution in [-0.4, -0.2) is 4.57 Å². The molecule has 2 aliphatic carbocycles. The van der Waals surface area contributed by atoms with Crippen molar-refractivity contribution >= 4 is 38.6 Å². The van der Waals surface area contributed by atoms with Crippen LogP contribution in [0.15, 0.2) is 194 Å². The Balaban J connectivity index is 1.13. The Bertz CT molecular complexity index is 2820. The van der Waals surface area contributed by atoms with Crippen LogP contribution >= 0.6 is 0 Å². The highest BCUT2D eigenvalue weighted by Gasteiger charge is 2.46. The van der Waals surface area contributed by atoms with E-state index in [1.54, 1.807) is 0 Å². The summed E-state index contributed by atoms with van der Waals surface area (Å²) in [6, 6.07) is 63.1. The van der Waals surface area contributed by atoms with Crippen molar-refractivity contribution < 1.29 is 0 Å². The molecule has 2 heteroatoms. The Kier molecular flexibility index (Phi) is 7.00. The van der Waals surface area contributed by atoms with Gasteiger partial charge in [0.2, 0.25) is 0 Å². The molecule has 7 aromatic carbocycles. The van der Waals surface area contributed by atoms with Crippen molar-refractivity contribution in [2.24, 2.45) is 0 Å². The number of nitrogens with zero attached hydrogens (tertiary/aromatic N) is 1. The van der Waals surface area contributed by atoms with Gasteiger partial charge in [0.15, 0.2) is 0 Å². The largest absolute Gasteiger partial charge is 0.361 e. The maximum atomic E-state index is 3.96. The molecule has 1 unspecified atom stereocenters. The normalized spacial score (nSPS) is 16.6. The summed E-state index contributed by atoms with van der Waals surface area (Å²) in [5.41, 5.74) is 17.4. The van der Waals surface area contributed by atoms with E-state index in [1.165, 1.54) is 83.0 Å². The van der Waals surface area contributed by atoms with Crippen LogP contribution in [-0.2, 0) is 5.41 Å². The minimum atomic E-state index is -0.449. The van der Waals surface area contributed by atoms with Crippen molar-refractivity contribution in [3.05, 3.63) is 233 Å². The average Bonchev–Trinajstić information content (AvgIpc) is 3.74. The van der Waals surface area contributed by atoms with Crippen LogP contribution in [0.5, 0.6) is 0 Å². The molecule has 1 aromatic heterocycles. The molecule has 0 fully saturated rings. The number of aromatic nitrogens is 1. The molecule has 0 spiro atoms. The molecule has 1 atom stereocenters. The summed E-state index contributed by atoms with van der Waals surface area (Å²) in [5.74, 6) is 0. The number of para-hydroxylation sites is 2. The minimum Gasteiger partial charge on any atom is -0.361 e. The second kappa shape index (κ2) is 12.2. The zero-order chi connectivity index (χ0) is 35.6. The lowest BCUT2D eigenvalue weighted by Crippen LogP contribution is -2.28. The van der Waals surface area contributed by atoms with E-state index in [0.717, 1.165) is 18.5 Å². The first-order chi connectivity index (χ1) is 26.8. The maximum absolute atomic E-state index is 3.96. The quantitative estimate of drug-likeness (QED) is 0.190. The summed E-state index contributed by atoms with van der Waals surface area (Å²) in [6.45, 7) is 0. The molecule has 1 N–H and O–H groups in total. The minimum absolute atomic E-state index is 0.0975. The number of hydrogen-bond acceptors (Lipinski definition) is 1. The van der Waals surface area contributed by atoms with Gasteiger partial charge in [0, 0.05) is 22.0 Å². The summed E-state index contributed by atoms with van der Waals surface area (Å²) < 4.78 is 2.51.